The van der Waals surface area contributed by atoms with E-state index in [9.17, 15) is 27.9 Å². The van der Waals surface area contributed by atoms with Crippen molar-refractivity contribution >= 4 is 40.5 Å². The number of aryl methyl sites for hydroxylation is 2. The molecule has 1 aliphatic carbocycles. The number of carbonyl (C=O) groups is 2. The Labute approximate surface area is 261 Å². The van der Waals surface area contributed by atoms with Crippen molar-refractivity contribution in [3.63, 3.8) is 0 Å². The van der Waals surface area contributed by atoms with Gasteiger partial charge in [-0.2, -0.15) is 13.2 Å². The molecule has 0 saturated heterocycles. The summed E-state index contributed by atoms with van der Waals surface area (Å²) in [4.78, 5) is 37.5. The van der Waals surface area contributed by atoms with Gasteiger partial charge in [-0.25, -0.2) is 15.0 Å². The minimum atomic E-state index is -4.58. The predicted molar refractivity (Wildman–Crippen MR) is 164 cm³/mol. The second-order valence-electron chi connectivity index (χ2n) is 11.6. The molecular weight excluding hydrogens is 605 g/mol. The monoisotopic (exact) mass is 636 g/mol. The highest BCUT2D eigenvalue weighted by Crippen LogP contribution is 2.43. The summed E-state index contributed by atoms with van der Waals surface area (Å²) >= 11 is 1.35. The fourth-order valence-corrected chi connectivity index (χ4v) is 6.81. The van der Waals surface area contributed by atoms with Gasteiger partial charge < -0.3 is 21.1 Å². The smallest absolute Gasteiger partial charge is 0.383 e. The number of rotatable bonds is 7. The number of halogens is 3. The SMILES string of the molecule is Cc1cc(Nc2nccc(C(F)(F)F)n2)cc(-c2cnc([C@]3(O)CC[C@@H](C(=O)NCc4ccc5c(c4)NC(=O)CC5)CC3)s2)c1. The third kappa shape index (κ3) is 6.99. The van der Waals surface area contributed by atoms with E-state index in [-0.39, 0.29) is 23.7 Å². The van der Waals surface area contributed by atoms with Crippen LogP contribution in [-0.2, 0) is 34.3 Å². The van der Waals surface area contributed by atoms with E-state index >= 15 is 0 Å². The van der Waals surface area contributed by atoms with E-state index in [1.807, 2.05) is 31.2 Å². The van der Waals surface area contributed by atoms with E-state index < -0.39 is 17.5 Å². The number of thiazole rings is 1. The molecule has 0 radical (unpaired) electrons. The molecule has 45 heavy (non-hydrogen) atoms. The third-order valence-electron chi connectivity index (χ3n) is 8.19. The van der Waals surface area contributed by atoms with Crippen molar-refractivity contribution in [2.75, 3.05) is 10.6 Å². The van der Waals surface area contributed by atoms with Crippen molar-refractivity contribution in [3.05, 3.63) is 82.3 Å². The molecule has 9 nitrogen and oxygen atoms in total. The zero-order chi connectivity index (χ0) is 31.8. The lowest BCUT2D eigenvalue weighted by Gasteiger charge is -2.34. The number of aliphatic hydroxyl groups is 1. The number of nitrogens with zero attached hydrogens (tertiary/aromatic N) is 3. The van der Waals surface area contributed by atoms with Crippen LogP contribution in [0.5, 0.6) is 0 Å². The molecule has 13 heteroatoms. The van der Waals surface area contributed by atoms with Crippen LogP contribution in [0.1, 0.15) is 59.5 Å². The average molecular weight is 637 g/mol. The summed E-state index contributed by atoms with van der Waals surface area (Å²) in [6.45, 7) is 2.22. The Kier molecular flexibility index (Phi) is 8.31. The maximum absolute atomic E-state index is 13.1. The van der Waals surface area contributed by atoms with Crippen LogP contribution in [0.4, 0.5) is 30.5 Å². The fraction of sp³-hybridized carbons (Fsp3) is 0.344. The molecule has 2 aliphatic rings. The molecule has 0 bridgehead atoms. The Balaban J connectivity index is 1.07. The molecule has 2 aromatic heterocycles. The summed E-state index contributed by atoms with van der Waals surface area (Å²) in [5.41, 5.74) is 2.76. The van der Waals surface area contributed by atoms with Gasteiger partial charge >= 0.3 is 6.18 Å². The normalized spacial score (nSPS) is 19.8. The first kappa shape index (κ1) is 30.7. The lowest BCUT2D eigenvalue weighted by Crippen LogP contribution is -2.38. The van der Waals surface area contributed by atoms with Crippen LogP contribution < -0.4 is 16.0 Å². The maximum Gasteiger partial charge on any atom is 0.433 e. The number of aromatic nitrogens is 3. The molecule has 6 rings (SSSR count). The van der Waals surface area contributed by atoms with Crippen molar-refractivity contribution in [1.82, 2.24) is 20.3 Å². The fourth-order valence-electron chi connectivity index (χ4n) is 5.76. The predicted octanol–water partition coefficient (Wildman–Crippen LogP) is 6.25. The largest absolute Gasteiger partial charge is 0.433 e. The Morgan fingerprint density at radius 2 is 1.91 bits per heavy atom. The minimum Gasteiger partial charge on any atom is -0.383 e. The van der Waals surface area contributed by atoms with Crippen molar-refractivity contribution in [2.24, 2.45) is 5.92 Å². The molecule has 4 N–H and O–H groups in total. The molecule has 0 atom stereocenters. The van der Waals surface area contributed by atoms with Gasteiger partial charge in [-0.15, -0.1) is 11.3 Å². The Hall–Kier alpha value is -4.36. The summed E-state index contributed by atoms with van der Waals surface area (Å²) in [5.74, 6) is -0.471. The molecule has 2 aromatic carbocycles. The number of amides is 2. The Morgan fingerprint density at radius 3 is 2.69 bits per heavy atom. The van der Waals surface area contributed by atoms with E-state index in [0.717, 1.165) is 45.1 Å². The van der Waals surface area contributed by atoms with Crippen molar-refractivity contribution < 1.29 is 27.9 Å². The number of nitrogens with one attached hydrogen (secondary N) is 3. The molecule has 0 spiro atoms. The van der Waals surface area contributed by atoms with Gasteiger partial charge in [-0.1, -0.05) is 18.2 Å². The summed E-state index contributed by atoms with van der Waals surface area (Å²) in [7, 11) is 0. The van der Waals surface area contributed by atoms with Crippen LogP contribution in [0.25, 0.3) is 10.4 Å². The van der Waals surface area contributed by atoms with Gasteiger partial charge in [0.1, 0.15) is 16.3 Å². The second-order valence-corrected chi connectivity index (χ2v) is 12.6. The molecule has 3 heterocycles. The van der Waals surface area contributed by atoms with Gasteiger partial charge in [0.25, 0.3) is 0 Å². The van der Waals surface area contributed by atoms with Gasteiger partial charge in [0.2, 0.25) is 17.8 Å². The zero-order valence-corrected chi connectivity index (χ0v) is 25.2. The van der Waals surface area contributed by atoms with E-state index in [1.54, 1.807) is 18.3 Å². The first-order chi connectivity index (χ1) is 21.4. The summed E-state index contributed by atoms with van der Waals surface area (Å²) in [6.07, 6.45) is 1.13. The molecule has 1 aliphatic heterocycles. The van der Waals surface area contributed by atoms with Gasteiger partial charge in [0, 0.05) is 42.7 Å². The summed E-state index contributed by atoms with van der Waals surface area (Å²) in [5, 5.41) is 20.8. The highest BCUT2D eigenvalue weighted by Gasteiger charge is 2.39. The van der Waals surface area contributed by atoms with Crippen LogP contribution in [0.2, 0.25) is 0 Å². The van der Waals surface area contributed by atoms with Crippen molar-refractivity contribution in [3.8, 4) is 10.4 Å². The number of carbonyl (C=O) groups excluding carboxylic acids is 2. The number of hydrogen-bond acceptors (Lipinski definition) is 8. The van der Waals surface area contributed by atoms with E-state index in [4.69, 9.17) is 0 Å². The number of anilines is 3. The molecule has 234 valence electrons. The lowest BCUT2D eigenvalue weighted by molar-refractivity contribution is -0.141. The standard InChI is InChI=1S/C32H31F3N6O3S/c1-18-12-22(15-23(13-18)39-30-36-11-8-26(41-30)32(33,34)35)25-17-38-29(45-25)31(44)9-6-21(7-10-31)28(43)37-16-19-2-3-20-4-5-27(42)40-24(20)14-19/h2-3,8,11-15,17,21,44H,4-7,9-10,16H2,1H3,(H,37,43)(H,40,42)(H,36,39,41)/t21-,31+. The number of benzene rings is 2. The summed E-state index contributed by atoms with van der Waals surface area (Å²) < 4.78 is 39.3. The van der Waals surface area contributed by atoms with Crippen LogP contribution in [0.15, 0.2) is 54.9 Å². The Morgan fingerprint density at radius 1 is 1.11 bits per heavy atom. The van der Waals surface area contributed by atoms with E-state index in [2.05, 4.69) is 30.9 Å². The molecule has 2 amide bonds. The van der Waals surface area contributed by atoms with Crippen LogP contribution >= 0.6 is 11.3 Å². The molecule has 1 saturated carbocycles. The quantitative estimate of drug-likeness (QED) is 0.189. The van der Waals surface area contributed by atoms with Gasteiger partial charge in [-0.3, -0.25) is 9.59 Å². The molecular formula is C32H31F3N6O3S. The van der Waals surface area contributed by atoms with Crippen LogP contribution in [-0.4, -0.2) is 31.9 Å². The van der Waals surface area contributed by atoms with Crippen molar-refractivity contribution in [2.45, 2.75) is 63.8 Å². The minimum absolute atomic E-state index is 0.00417. The van der Waals surface area contributed by atoms with Crippen LogP contribution in [0.3, 0.4) is 0 Å². The lowest BCUT2D eigenvalue weighted by atomic mass is 9.78. The van der Waals surface area contributed by atoms with Crippen molar-refractivity contribution in [1.29, 1.82) is 0 Å². The Bertz CT molecular complexity index is 1750. The third-order valence-corrected chi connectivity index (χ3v) is 9.43. The first-order valence-electron chi connectivity index (χ1n) is 14.6. The second kappa shape index (κ2) is 12.2. The maximum atomic E-state index is 13.1. The average Bonchev–Trinajstić information content (AvgIpc) is 3.51. The highest BCUT2D eigenvalue weighted by molar-refractivity contribution is 7.15. The first-order valence-corrected chi connectivity index (χ1v) is 15.4. The van der Waals surface area contributed by atoms with Gasteiger partial charge in [0.05, 0.1) is 4.88 Å². The zero-order valence-electron chi connectivity index (χ0n) is 24.4. The number of fused-ring (bicyclic) bond motifs is 1. The molecule has 0 unspecified atom stereocenters. The van der Waals surface area contributed by atoms with E-state index in [0.29, 0.717) is 55.8 Å². The van der Waals surface area contributed by atoms with E-state index in [1.165, 1.54) is 11.3 Å². The number of alkyl halides is 3. The molecule has 1 fully saturated rings. The topological polar surface area (TPSA) is 129 Å². The highest BCUT2D eigenvalue weighted by atomic mass is 32.1. The van der Waals surface area contributed by atoms with Crippen LogP contribution in [0, 0.1) is 12.8 Å². The number of hydrogen-bond donors (Lipinski definition) is 4. The summed E-state index contributed by atoms with van der Waals surface area (Å²) in [6, 6.07) is 12.1. The van der Waals surface area contributed by atoms with Gasteiger partial charge in [0.15, 0.2) is 0 Å². The van der Waals surface area contributed by atoms with Gasteiger partial charge in [-0.05, 0) is 85.5 Å². The molecule has 4 aromatic rings.